The van der Waals surface area contributed by atoms with Crippen molar-refractivity contribution in [3.05, 3.63) is 35.9 Å². The molecule has 6 heteroatoms. The molecule has 0 aromatic heterocycles. The van der Waals surface area contributed by atoms with Gasteiger partial charge in [0.2, 0.25) is 5.91 Å². The maximum absolute atomic E-state index is 11.4. The number of nitrogens with two attached hydrogens (primary N) is 2. The van der Waals surface area contributed by atoms with E-state index in [0.717, 1.165) is 18.4 Å². The number of primary amides is 1. The molecule has 0 radical (unpaired) electrons. The summed E-state index contributed by atoms with van der Waals surface area (Å²) < 4.78 is 5.05. The number of amides is 2. The van der Waals surface area contributed by atoms with Gasteiger partial charge in [0.1, 0.15) is 6.61 Å². The van der Waals surface area contributed by atoms with E-state index in [4.69, 9.17) is 16.2 Å². The number of carbonyl (C=O) groups excluding carboxylic acids is 2. The van der Waals surface area contributed by atoms with E-state index in [1.165, 1.54) is 0 Å². The molecule has 110 valence electrons. The molecule has 1 unspecified atom stereocenters. The number of hydrogen-bond acceptors (Lipinski definition) is 4. The molecule has 1 aromatic carbocycles. The molecule has 1 atom stereocenters. The van der Waals surface area contributed by atoms with Gasteiger partial charge in [0, 0.05) is 6.54 Å². The van der Waals surface area contributed by atoms with Crippen molar-refractivity contribution in [1.29, 1.82) is 0 Å². The van der Waals surface area contributed by atoms with Crippen LogP contribution in [-0.2, 0) is 16.1 Å². The largest absolute Gasteiger partial charge is 0.445 e. The predicted octanol–water partition coefficient (Wildman–Crippen LogP) is 0.896. The van der Waals surface area contributed by atoms with Crippen LogP contribution in [-0.4, -0.2) is 24.6 Å². The highest BCUT2D eigenvalue weighted by Gasteiger charge is 2.08. The zero-order chi connectivity index (χ0) is 14.8. The van der Waals surface area contributed by atoms with Crippen molar-refractivity contribution in [3.63, 3.8) is 0 Å². The van der Waals surface area contributed by atoms with Crippen LogP contribution in [0, 0.1) is 0 Å². The van der Waals surface area contributed by atoms with E-state index in [2.05, 4.69) is 5.32 Å². The Morgan fingerprint density at radius 3 is 2.55 bits per heavy atom. The molecular formula is C14H21N3O3. The molecule has 1 aromatic rings. The summed E-state index contributed by atoms with van der Waals surface area (Å²) in [6, 6.07) is 8.84. The van der Waals surface area contributed by atoms with Crippen molar-refractivity contribution in [2.75, 3.05) is 6.54 Å². The fourth-order valence-electron chi connectivity index (χ4n) is 1.60. The summed E-state index contributed by atoms with van der Waals surface area (Å²) in [4.78, 5) is 22.1. The molecule has 0 aliphatic heterocycles. The maximum atomic E-state index is 11.4. The smallest absolute Gasteiger partial charge is 0.407 e. The van der Waals surface area contributed by atoms with Gasteiger partial charge in [-0.25, -0.2) is 4.79 Å². The quantitative estimate of drug-likeness (QED) is 0.614. The Hall–Kier alpha value is -2.08. The lowest BCUT2D eigenvalue weighted by atomic mass is 10.1. The third-order valence-corrected chi connectivity index (χ3v) is 2.79. The predicted molar refractivity (Wildman–Crippen MR) is 75.7 cm³/mol. The number of alkyl carbamates (subject to hydrolysis) is 1. The minimum absolute atomic E-state index is 0.249. The summed E-state index contributed by atoms with van der Waals surface area (Å²) in [6.45, 7) is 0.734. The van der Waals surface area contributed by atoms with Crippen molar-refractivity contribution < 1.29 is 14.3 Å². The molecule has 0 fully saturated rings. The Morgan fingerprint density at radius 1 is 1.20 bits per heavy atom. The maximum Gasteiger partial charge on any atom is 0.407 e. The van der Waals surface area contributed by atoms with Crippen LogP contribution in [0.1, 0.15) is 24.8 Å². The van der Waals surface area contributed by atoms with Crippen molar-refractivity contribution in [2.24, 2.45) is 11.5 Å². The summed E-state index contributed by atoms with van der Waals surface area (Å²) in [7, 11) is 0. The highest BCUT2D eigenvalue weighted by atomic mass is 16.5. The number of hydrogen-bond donors (Lipinski definition) is 3. The first-order chi connectivity index (χ1) is 9.59. The Kier molecular flexibility index (Phi) is 7.13. The van der Waals surface area contributed by atoms with E-state index in [-0.39, 0.29) is 6.61 Å². The van der Waals surface area contributed by atoms with Crippen molar-refractivity contribution >= 4 is 12.0 Å². The van der Waals surface area contributed by atoms with Gasteiger partial charge < -0.3 is 21.5 Å². The average Bonchev–Trinajstić information content (AvgIpc) is 2.45. The van der Waals surface area contributed by atoms with Crippen LogP contribution in [0.2, 0.25) is 0 Å². The fourth-order valence-corrected chi connectivity index (χ4v) is 1.60. The van der Waals surface area contributed by atoms with Crippen molar-refractivity contribution in [1.82, 2.24) is 5.32 Å². The molecule has 0 heterocycles. The molecule has 0 saturated heterocycles. The molecule has 5 N–H and O–H groups in total. The number of unbranched alkanes of at least 4 members (excludes halogenated alkanes) is 1. The zero-order valence-electron chi connectivity index (χ0n) is 11.4. The molecule has 0 saturated carbocycles. The highest BCUT2D eigenvalue weighted by molar-refractivity contribution is 5.79. The van der Waals surface area contributed by atoms with Crippen LogP contribution >= 0.6 is 0 Å². The van der Waals surface area contributed by atoms with Crippen LogP contribution < -0.4 is 16.8 Å². The first kappa shape index (κ1) is 16.0. The van der Waals surface area contributed by atoms with Crippen molar-refractivity contribution in [2.45, 2.75) is 31.9 Å². The topological polar surface area (TPSA) is 107 Å². The van der Waals surface area contributed by atoms with E-state index in [1.807, 2.05) is 30.3 Å². The Labute approximate surface area is 118 Å². The molecular weight excluding hydrogens is 258 g/mol. The average molecular weight is 279 g/mol. The number of nitrogens with one attached hydrogen (secondary N) is 1. The number of benzene rings is 1. The first-order valence-corrected chi connectivity index (χ1v) is 6.59. The SMILES string of the molecule is NC(=O)C(N)CCCCNC(=O)OCc1ccccc1. The van der Waals surface area contributed by atoms with Gasteiger partial charge in [-0.3, -0.25) is 4.79 Å². The third-order valence-electron chi connectivity index (χ3n) is 2.79. The molecule has 20 heavy (non-hydrogen) atoms. The molecule has 0 bridgehead atoms. The molecule has 6 nitrogen and oxygen atoms in total. The van der Waals surface area contributed by atoms with Crippen LogP contribution in [0.25, 0.3) is 0 Å². The summed E-state index contributed by atoms with van der Waals surface area (Å²) >= 11 is 0. The van der Waals surface area contributed by atoms with E-state index in [0.29, 0.717) is 13.0 Å². The number of rotatable bonds is 8. The molecule has 0 aliphatic rings. The second-order valence-electron chi connectivity index (χ2n) is 4.49. The Bertz CT molecular complexity index is 423. The van der Waals surface area contributed by atoms with E-state index >= 15 is 0 Å². The van der Waals surface area contributed by atoms with E-state index < -0.39 is 18.0 Å². The van der Waals surface area contributed by atoms with Gasteiger partial charge in [0.05, 0.1) is 6.04 Å². The summed E-state index contributed by atoms with van der Waals surface area (Å²) in [6.07, 6.45) is 1.52. The van der Waals surface area contributed by atoms with Gasteiger partial charge in [-0.05, 0) is 24.8 Å². The van der Waals surface area contributed by atoms with Gasteiger partial charge in [0.15, 0.2) is 0 Å². The van der Waals surface area contributed by atoms with Crippen molar-refractivity contribution in [3.8, 4) is 0 Å². The second-order valence-corrected chi connectivity index (χ2v) is 4.49. The molecule has 1 rings (SSSR count). The normalized spacial score (nSPS) is 11.7. The van der Waals surface area contributed by atoms with Gasteiger partial charge in [-0.1, -0.05) is 30.3 Å². The van der Waals surface area contributed by atoms with Crippen LogP contribution in [0.3, 0.4) is 0 Å². The van der Waals surface area contributed by atoms with E-state index in [1.54, 1.807) is 0 Å². The Balaban J connectivity index is 2.05. The fraction of sp³-hybridized carbons (Fsp3) is 0.429. The molecule has 0 spiro atoms. The van der Waals surface area contributed by atoms with Gasteiger partial charge in [0.25, 0.3) is 0 Å². The van der Waals surface area contributed by atoms with E-state index in [9.17, 15) is 9.59 Å². The van der Waals surface area contributed by atoms with Gasteiger partial charge >= 0.3 is 6.09 Å². The lowest BCUT2D eigenvalue weighted by Crippen LogP contribution is -2.36. The minimum Gasteiger partial charge on any atom is -0.445 e. The van der Waals surface area contributed by atoms with Crippen LogP contribution in [0.5, 0.6) is 0 Å². The highest BCUT2D eigenvalue weighted by Crippen LogP contribution is 2.01. The number of carbonyl (C=O) groups is 2. The monoisotopic (exact) mass is 279 g/mol. The van der Waals surface area contributed by atoms with Crippen LogP contribution in [0.15, 0.2) is 30.3 Å². The lowest BCUT2D eigenvalue weighted by molar-refractivity contribution is -0.119. The standard InChI is InChI=1S/C14H21N3O3/c15-12(13(16)18)8-4-5-9-17-14(19)20-10-11-6-2-1-3-7-11/h1-3,6-7,12H,4-5,8-10,15H2,(H2,16,18)(H,17,19). The number of ether oxygens (including phenoxy) is 1. The van der Waals surface area contributed by atoms with Gasteiger partial charge in [-0.15, -0.1) is 0 Å². The lowest BCUT2D eigenvalue weighted by Gasteiger charge is -2.08. The summed E-state index contributed by atoms with van der Waals surface area (Å²) in [5.41, 5.74) is 11.5. The zero-order valence-corrected chi connectivity index (χ0v) is 11.4. The summed E-state index contributed by atoms with van der Waals surface area (Å²) in [5.74, 6) is -0.500. The third kappa shape index (κ3) is 6.75. The summed E-state index contributed by atoms with van der Waals surface area (Å²) in [5, 5.41) is 2.64. The Morgan fingerprint density at radius 2 is 1.90 bits per heavy atom. The van der Waals surface area contributed by atoms with Gasteiger partial charge in [-0.2, -0.15) is 0 Å². The molecule has 2 amide bonds. The van der Waals surface area contributed by atoms with Crippen LogP contribution in [0.4, 0.5) is 4.79 Å². The minimum atomic E-state index is -0.611. The first-order valence-electron chi connectivity index (χ1n) is 6.59. The molecule has 0 aliphatic carbocycles. The second kappa shape index (κ2) is 8.92.